The van der Waals surface area contributed by atoms with Gasteiger partial charge in [0.25, 0.3) is 0 Å². The Balaban J connectivity index is 1.85. The molecule has 8 nitrogen and oxygen atoms in total. The topological polar surface area (TPSA) is 105 Å². The number of ether oxygens (including phenoxy) is 4. The van der Waals surface area contributed by atoms with Crippen LogP contribution in [0.1, 0.15) is 117 Å². The summed E-state index contributed by atoms with van der Waals surface area (Å²) in [7, 11) is 0. The lowest BCUT2D eigenvalue weighted by molar-refractivity contribution is -0.160. The lowest BCUT2D eigenvalue weighted by Crippen LogP contribution is -2.31. The number of esters is 4. The zero-order chi connectivity index (χ0) is 29.3. The van der Waals surface area contributed by atoms with Crippen molar-refractivity contribution >= 4 is 23.9 Å². The van der Waals surface area contributed by atoms with Crippen LogP contribution in [0.3, 0.4) is 0 Å². The Kier molecular flexibility index (Phi) is 15.7. The Morgan fingerprint density at radius 2 is 0.925 bits per heavy atom. The molecule has 0 aromatic heterocycles. The molecule has 0 saturated heterocycles. The van der Waals surface area contributed by atoms with Gasteiger partial charge < -0.3 is 18.9 Å². The third-order valence-corrected chi connectivity index (χ3v) is 7.92. The lowest BCUT2D eigenvalue weighted by atomic mass is 9.86. The number of carbonyl (C=O) groups is 4. The van der Waals surface area contributed by atoms with Crippen molar-refractivity contribution in [2.75, 3.05) is 13.2 Å². The van der Waals surface area contributed by atoms with E-state index in [4.69, 9.17) is 18.9 Å². The smallest absolute Gasteiger partial charge is 0.333 e. The van der Waals surface area contributed by atoms with Gasteiger partial charge in [-0.05, 0) is 77.0 Å². The molecule has 2 fully saturated rings. The zero-order valence-corrected chi connectivity index (χ0v) is 24.7. The first-order valence-corrected chi connectivity index (χ1v) is 15.2. The fourth-order valence-corrected chi connectivity index (χ4v) is 5.54. The molecule has 226 valence electrons. The Morgan fingerprint density at radius 1 is 0.575 bits per heavy atom. The van der Waals surface area contributed by atoms with Gasteiger partial charge in [0.1, 0.15) is 12.2 Å². The molecule has 0 aromatic rings. The van der Waals surface area contributed by atoms with E-state index in [0.717, 1.165) is 77.0 Å². The molecule has 2 aliphatic carbocycles. The summed E-state index contributed by atoms with van der Waals surface area (Å²) in [5.74, 6) is -1.37. The van der Waals surface area contributed by atoms with E-state index in [1.165, 1.54) is 0 Å². The molecule has 8 heteroatoms. The van der Waals surface area contributed by atoms with Crippen LogP contribution in [-0.2, 0) is 38.1 Å². The number of hydrogen-bond acceptors (Lipinski definition) is 8. The van der Waals surface area contributed by atoms with Crippen molar-refractivity contribution in [1.82, 2.24) is 0 Å². The molecule has 0 heterocycles. The molecule has 2 rings (SSSR count). The molecule has 0 N–H and O–H groups in total. The van der Waals surface area contributed by atoms with Crippen LogP contribution in [0.5, 0.6) is 0 Å². The van der Waals surface area contributed by atoms with Crippen molar-refractivity contribution in [3.63, 3.8) is 0 Å². The molecule has 0 bridgehead atoms. The van der Waals surface area contributed by atoms with E-state index in [-0.39, 0.29) is 50.1 Å². The second-order valence-electron chi connectivity index (χ2n) is 11.5. The second kappa shape index (κ2) is 18.7. The first-order chi connectivity index (χ1) is 19.2. The minimum atomic E-state index is -0.405. The molecular weight excluding hydrogens is 512 g/mol. The van der Waals surface area contributed by atoms with Crippen LogP contribution in [-0.4, -0.2) is 49.3 Å². The van der Waals surface area contributed by atoms with Crippen LogP contribution in [0, 0.1) is 11.8 Å². The largest absolute Gasteiger partial charge is 0.462 e. The van der Waals surface area contributed by atoms with E-state index in [2.05, 4.69) is 13.2 Å². The maximum Gasteiger partial charge on any atom is 0.333 e. The maximum absolute atomic E-state index is 12.8. The highest BCUT2D eigenvalue weighted by Crippen LogP contribution is 2.30. The highest BCUT2D eigenvalue weighted by atomic mass is 16.6. The van der Waals surface area contributed by atoms with Crippen LogP contribution in [0.2, 0.25) is 0 Å². The molecule has 0 amide bonds. The molecule has 2 saturated carbocycles. The summed E-state index contributed by atoms with van der Waals surface area (Å²) in [6.45, 7) is 11.0. The first kappa shape index (κ1) is 33.6. The van der Waals surface area contributed by atoms with Crippen molar-refractivity contribution in [2.24, 2.45) is 11.8 Å². The van der Waals surface area contributed by atoms with Gasteiger partial charge in [-0.3, -0.25) is 9.59 Å². The summed E-state index contributed by atoms with van der Waals surface area (Å²) in [6.07, 6.45) is 12.6. The quantitative estimate of drug-likeness (QED) is 0.141. The Morgan fingerprint density at radius 3 is 1.27 bits per heavy atom. The summed E-state index contributed by atoms with van der Waals surface area (Å²) in [5, 5.41) is 0. The van der Waals surface area contributed by atoms with E-state index >= 15 is 0 Å². The fraction of sp³-hybridized carbons (Fsp3) is 0.750. The van der Waals surface area contributed by atoms with Gasteiger partial charge in [0.05, 0.1) is 26.1 Å². The number of rotatable bonds is 13. The van der Waals surface area contributed by atoms with Gasteiger partial charge in [0, 0.05) is 11.1 Å². The average molecular weight is 563 g/mol. The fourth-order valence-electron chi connectivity index (χ4n) is 5.54. The Bertz CT molecular complexity index is 793. The van der Waals surface area contributed by atoms with Crippen LogP contribution in [0.4, 0.5) is 0 Å². The average Bonchev–Trinajstić information content (AvgIpc) is 2.88. The maximum atomic E-state index is 12.8. The van der Waals surface area contributed by atoms with Gasteiger partial charge in [-0.15, -0.1) is 0 Å². The molecule has 2 aliphatic rings. The molecule has 0 aromatic carbocycles. The SMILES string of the molecule is C=C(C)C(=O)OCCC1CCCCCCC1OC(=O)CCC(=O)OC1CCCCCCC1CCOC(=O)C(=C)C. The standard InChI is InChI=1S/C32H50O8/c1-23(2)31(35)37-21-19-25-13-9-5-7-11-15-27(25)39-29(33)17-18-30(34)40-28-16-12-8-6-10-14-26(28)20-22-38-32(36)24(3)4/h25-28H,1,3,5-22H2,2,4H3. The Labute approximate surface area is 240 Å². The highest BCUT2D eigenvalue weighted by molar-refractivity contribution is 5.87. The van der Waals surface area contributed by atoms with Crippen molar-refractivity contribution in [3.05, 3.63) is 24.3 Å². The first-order valence-electron chi connectivity index (χ1n) is 15.2. The van der Waals surface area contributed by atoms with Gasteiger partial charge in [0.15, 0.2) is 0 Å². The van der Waals surface area contributed by atoms with Gasteiger partial charge >= 0.3 is 23.9 Å². The molecule has 0 aliphatic heterocycles. The van der Waals surface area contributed by atoms with E-state index < -0.39 is 23.9 Å². The van der Waals surface area contributed by atoms with Gasteiger partial charge in [-0.25, -0.2) is 9.59 Å². The third-order valence-electron chi connectivity index (χ3n) is 7.92. The van der Waals surface area contributed by atoms with Crippen molar-refractivity contribution in [1.29, 1.82) is 0 Å². The van der Waals surface area contributed by atoms with E-state index in [9.17, 15) is 19.2 Å². The van der Waals surface area contributed by atoms with Crippen molar-refractivity contribution in [3.8, 4) is 0 Å². The zero-order valence-electron chi connectivity index (χ0n) is 24.7. The molecule has 4 atom stereocenters. The number of carbonyl (C=O) groups excluding carboxylic acids is 4. The van der Waals surface area contributed by atoms with Crippen LogP contribution < -0.4 is 0 Å². The van der Waals surface area contributed by atoms with Gasteiger partial charge in [-0.2, -0.15) is 0 Å². The van der Waals surface area contributed by atoms with E-state index in [1.54, 1.807) is 13.8 Å². The predicted octanol–water partition coefficient (Wildman–Crippen LogP) is 6.55. The highest BCUT2D eigenvalue weighted by Gasteiger charge is 2.29. The normalized spacial score (nSPS) is 23.8. The van der Waals surface area contributed by atoms with Crippen LogP contribution in [0.15, 0.2) is 24.3 Å². The molecule has 4 unspecified atom stereocenters. The molecular formula is C32H50O8. The summed E-state index contributed by atoms with van der Waals surface area (Å²) in [4.78, 5) is 49.0. The summed E-state index contributed by atoms with van der Waals surface area (Å²) in [5.41, 5.74) is 0.730. The van der Waals surface area contributed by atoms with Crippen LogP contribution in [0.25, 0.3) is 0 Å². The van der Waals surface area contributed by atoms with E-state index in [0.29, 0.717) is 24.0 Å². The molecule has 0 spiro atoms. The van der Waals surface area contributed by atoms with Gasteiger partial charge in [0.2, 0.25) is 0 Å². The van der Waals surface area contributed by atoms with E-state index in [1.807, 2.05) is 0 Å². The van der Waals surface area contributed by atoms with Crippen LogP contribution >= 0.6 is 0 Å². The lowest BCUT2D eigenvalue weighted by Gasteiger charge is -2.30. The Hall–Kier alpha value is -2.64. The monoisotopic (exact) mass is 562 g/mol. The third kappa shape index (κ3) is 13.1. The van der Waals surface area contributed by atoms with Gasteiger partial charge in [-0.1, -0.05) is 51.7 Å². The summed E-state index contributed by atoms with van der Waals surface area (Å²) >= 11 is 0. The second-order valence-corrected chi connectivity index (χ2v) is 11.5. The minimum Gasteiger partial charge on any atom is -0.462 e. The summed E-state index contributed by atoms with van der Waals surface area (Å²) < 4.78 is 22.3. The molecule has 40 heavy (non-hydrogen) atoms. The van der Waals surface area contributed by atoms with Crippen molar-refractivity contribution < 1.29 is 38.1 Å². The summed E-state index contributed by atoms with van der Waals surface area (Å²) in [6, 6.07) is 0. The van der Waals surface area contributed by atoms with Crippen molar-refractivity contribution in [2.45, 2.75) is 129 Å². The minimum absolute atomic E-state index is 0.0275. The predicted molar refractivity (Wildman–Crippen MR) is 152 cm³/mol. The number of hydrogen-bond donors (Lipinski definition) is 0. The molecule has 0 radical (unpaired) electrons.